The van der Waals surface area contributed by atoms with Gasteiger partial charge in [-0.25, -0.2) is 8.78 Å². The van der Waals surface area contributed by atoms with Gasteiger partial charge in [-0.2, -0.15) is 5.26 Å². The van der Waals surface area contributed by atoms with Crippen molar-refractivity contribution < 1.29 is 8.78 Å². The predicted molar refractivity (Wildman–Crippen MR) is 79.0 cm³/mol. The number of benzene rings is 1. The minimum Gasteiger partial charge on any atom is -0.297 e. The van der Waals surface area contributed by atoms with Crippen LogP contribution in [0.3, 0.4) is 0 Å². The first-order valence-electron chi connectivity index (χ1n) is 7.41. The summed E-state index contributed by atoms with van der Waals surface area (Å²) in [5.74, 6) is -1.62. The summed E-state index contributed by atoms with van der Waals surface area (Å²) < 4.78 is 26.2. The van der Waals surface area contributed by atoms with Gasteiger partial charge in [0.15, 0.2) is 11.6 Å². The van der Waals surface area contributed by atoms with E-state index >= 15 is 0 Å². The van der Waals surface area contributed by atoms with Crippen molar-refractivity contribution in [3.05, 3.63) is 29.8 Å². The summed E-state index contributed by atoms with van der Waals surface area (Å²) >= 11 is 1.55. The summed E-state index contributed by atoms with van der Waals surface area (Å²) in [5.41, 5.74) is -0.435. The van der Waals surface area contributed by atoms with Gasteiger partial charge in [-0.3, -0.25) is 5.32 Å². The van der Waals surface area contributed by atoms with Crippen LogP contribution in [0.4, 0.5) is 8.78 Å². The molecule has 2 saturated carbocycles. The van der Waals surface area contributed by atoms with Gasteiger partial charge in [0, 0.05) is 16.2 Å². The smallest absolute Gasteiger partial charge is 0.159 e. The fourth-order valence-electron chi connectivity index (χ4n) is 2.95. The first-order valence-corrected chi connectivity index (χ1v) is 8.29. The Labute approximate surface area is 127 Å². The SMILES string of the molecule is N#CC1(NC2CC2)CCCC(Sc2ccc(F)c(F)c2)C1. The maximum Gasteiger partial charge on any atom is 0.159 e. The van der Waals surface area contributed by atoms with E-state index in [-0.39, 0.29) is 5.25 Å². The monoisotopic (exact) mass is 308 g/mol. The summed E-state index contributed by atoms with van der Waals surface area (Å²) in [6, 6.07) is 6.99. The molecule has 0 amide bonds. The lowest BCUT2D eigenvalue weighted by Gasteiger charge is -2.36. The Balaban J connectivity index is 1.67. The molecule has 3 rings (SSSR count). The van der Waals surface area contributed by atoms with Gasteiger partial charge >= 0.3 is 0 Å². The van der Waals surface area contributed by atoms with Gasteiger partial charge in [0.1, 0.15) is 5.54 Å². The number of hydrogen-bond acceptors (Lipinski definition) is 3. The first-order chi connectivity index (χ1) is 10.1. The molecule has 2 nitrogen and oxygen atoms in total. The molecule has 1 aromatic rings. The van der Waals surface area contributed by atoms with E-state index in [1.54, 1.807) is 17.8 Å². The van der Waals surface area contributed by atoms with Crippen LogP contribution in [0.15, 0.2) is 23.1 Å². The average molecular weight is 308 g/mol. The minimum absolute atomic E-state index is 0.273. The number of nitrogens with one attached hydrogen (secondary N) is 1. The van der Waals surface area contributed by atoms with E-state index in [4.69, 9.17) is 0 Å². The maximum atomic E-state index is 13.3. The number of nitrogens with zero attached hydrogens (tertiary/aromatic N) is 1. The highest BCUT2D eigenvalue weighted by Gasteiger charge is 2.40. The third-order valence-corrected chi connectivity index (χ3v) is 5.43. The standard InChI is InChI=1S/C16H18F2N2S/c17-14-6-5-12(8-15(14)18)21-13-2-1-7-16(9-13,10-19)20-11-3-4-11/h5-6,8,11,13,20H,1-4,7,9H2. The molecule has 0 radical (unpaired) electrons. The molecule has 112 valence electrons. The molecule has 1 N–H and O–H groups in total. The second kappa shape index (κ2) is 5.94. The van der Waals surface area contributed by atoms with Crippen molar-refractivity contribution in [2.75, 3.05) is 0 Å². The molecule has 2 aliphatic carbocycles. The van der Waals surface area contributed by atoms with Crippen LogP contribution in [0.2, 0.25) is 0 Å². The summed E-state index contributed by atoms with van der Waals surface area (Å²) in [7, 11) is 0. The molecule has 21 heavy (non-hydrogen) atoms. The third-order valence-electron chi connectivity index (χ3n) is 4.17. The maximum absolute atomic E-state index is 13.3. The van der Waals surface area contributed by atoms with Gasteiger partial charge in [-0.15, -0.1) is 11.8 Å². The van der Waals surface area contributed by atoms with Crippen LogP contribution < -0.4 is 5.32 Å². The quantitative estimate of drug-likeness (QED) is 0.913. The van der Waals surface area contributed by atoms with E-state index in [1.165, 1.54) is 12.1 Å². The zero-order valence-electron chi connectivity index (χ0n) is 11.7. The Kier molecular flexibility index (Phi) is 4.19. The van der Waals surface area contributed by atoms with Crippen LogP contribution in [0, 0.1) is 23.0 Å². The van der Waals surface area contributed by atoms with E-state index in [1.807, 2.05) is 0 Å². The number of rotatable bonds is 4. The molecule has 2 fully saturated rings. The van der Waals surface area contributed by atoms with Gasteiger partial charge in [0.2, 0.25) is 0 Å². The molecule has 2 atom stereocenters. The number of thioether (sulfide) groups is 1. The Morgan fingerprint density at radius 1 is 1.24 bits per heavy atom. The molecular formula is C16H18F2N2S. The second-order valence-electron chi connectivity index (χ2n) is 6.02. The molecule has 0 bridgehead atoms. The van der Waals surface area contributed by atoms with Crippen LogP contribution >= 0.6 is 11.8 Å². The fraction of sp³-hybridized carbons (Fsp3) is 0.562. The lowest BCUT2D eigenvalue weighted by molar-refractivity contribution is 0.301. The van der Waals surface area contributed by atoms with Crippen LogP contribution in [0.5, 0.6) is 0 Å². The highest BCUT2D eigenvalue weighted by atomic mass is 32.2. The summed E-state index contributed by atoms with van der Waals surface area (Å²) in [4.78, 5) is 0.735. The first kappa shape index (κ1) is 14.8. The summed E-state index contributed by atoms with van der Waals surface area (Å²) in [5, 5.41) is 13.3. The molecule has 2 unspecified atom stereocenters. The van der Waals surface area contributed by atoms with Crippen LogP contribution in [-0.2, 0) is 0 Å². The van der Waals surface area contributed by atoms with Gasteiger partial charge in [0.05, 0.1) is 6.07 Å². The Morgan fingerprint density at radius 2 is 2.05 bits per heavy atom. The third kappa shape index (κ3) is 3.56. The molecule has 0 aliphatic heterocycles. The van der Waals surface area contributed by atoms with Gasteiger partial charge < -0.3 is 0 Å². The van der Waals surface area contributed by atoms with Gasteiger partial charge in [-0.1, -0.05) is 0 Å². The molecule has 1 aromatic carbocycles. The van der Waals surface area contributed by atoms with Crippen molar-refractivity contribution >= 4 is 11.8 Å². The van der Waals surface area contributed by atoms with E-state index in [9.17, 15) is 14.0 Å². The molecule has 0 saturated heterocycles. The number of halogens is 2. The molecule has 2 aliphatic rings. The van der Waals surface area contributed by atoms with Gasteiger partial charge in [-0.05, 0) is 56.7 Å². The van der Waals surface area contributed by atoms with Crippen LogP contribution in [-0.4, -0.2) is 16.8 Å². The largest absolute Gasteiger partial charge is 0.297 e. The van der Waals surface area contributed by atoms with Crippen molar-refractivity contribution in [1.29, 1.82) is 5.26 Å². The minimum atomic E-state index is -0.815. The van der Waals surface area contributed by atoms with Crippen molar-refractivity contribution in [3.8, 4) is 6.07 Å². The summed E-state index contributed by atoms with van der Waals surface area (Å²) in [6.45, 7) is 0. The second-order valence-corrected chi connectivity index (χ2v) is 7.40. The van der Waals surface area contributed by atoms with Crippen LogP contribution in [0.25, 0.3) is 0 Å². The van der Waals surface area contributed by atoms with Crippen molar-refractivity contribution in [1.82, 2.24) is 5.32 Å². The average Bonchev–Trinajstić information content (AvgIpc) is 3.27. The number of nitriles is 1. The molecule has 0 heterocycles. The highest BCUT2D eigenvalue weighted by molar-refractivity contribution is 8.00. The summed E-state index contributed by atoms with van der Waals surface area (Å²) in [6.07, 6.45) is 5.97. The van der Waals surface area contributed by atoms with E-state index < -0.39 is 17.2 Å². The van der Waals surface area contributed by atoms with Crippen molar-refractivity contribution in [2.24, 2.45) is 0 Å². The Morgan fingerprint density at radius 3 is 2.71 bits per heavy atom. The van der Waals surface area contributed by atoms with Crippen LogP contribution in [0.1, 0.15) is 38.5 Å². The number of hydrogen-bond donors (Lipinski definition) is 1. The van der Waals surface area contributed by atoms with Crippen molar-refractivity contribution in [2.45, 2.75) is 60.3 Å². The highest BCUT2D eigenvalue weighted by Crippen LogP contribution is 2.40. The fourth-order valence-corrected chi connectivity index (χ4v) is 4.31. The van der Waals surface area contributed by atoms with E-state index in [0.717, 1.165) is 43.4 Å². The van der Waals surface area contributed by atoms with E-state index in [2.05, 4.69) is 11.4 Å². The van der Waals surface area contributed by atoms with E-state index in [0.29, 0.717) is 6.04 Å². The molecule has 0 spiro atoms. The molecular weight excluding hydrogens is 290 g/mol. The molecule has 5 heteroatoms. The van der Waals surface area contributed by atoms with Crippen molar-refractivity contribution in [3.63, 3.8) is 0 Å². The predicted octanol–water partition coefficient (Wildman–Crippen LogP) is 4.01. The Bertz CT molecular complexity index is 568. The normalized spacial score (nSPS) is 29.1. The molecule has 0 aromatic heterocycles. The topological polar surface area (TPSA) is 35.8 Å². The lowest BCUT2D eigenvalue weighted by atomic mass is 9.82. The lowest BCUT2D eigenvalue weighted by Crippen LogP contribution is -2.49. The Hall–Kier alpha value is -1.12. The zero-order chi connectivity index (χ0) is 14.9. The van der Waals surface area contributed by atoms with Gasteiger partial charge in [0.25, 0.3) is 0 Å². The zero-order valence-corrected chi connectivity index (χ0v) is 12.6.